The van der Waals surface area contributed by atoms with Crippen molar-refractivity contribution in [1.29, 1.82) is 0 Å². The summed E-state index contributed by atoms with van der Waals surface area (Å²) in [7, 11) is 0. The van der Waals surface area contributed by atoms with Gasteiger partial charge in [-0.25, -0.2) is 0 Å². The Morgan fingerprint density at radius 3 is 2.61 bits per heavy atom. The molecule has 0 aliphatic carbocycles. The van der Waals surface area contributed by atoms with Gasteiger partial charge in [-0.15, -0.1) is 11.8 Å². The molecule has 5 nitrogen and oxygen atoms in total. The lowest BCUT2D eigenvalue weighted by Crippen LogP contribution is -2.15. The maximum Gasteiger partial charge on any atom is 0.271 e. The minimum atomic E-state index is -0.470. The average molecular weight is 330 g/mol. The molecule has 0 saturated carbocycles. The Balaban J connectivity index is 1.91. The zero-order chi connectivity index (χ0) is 16.8. The number of anilines is 1. The Morgan fingerprint density at radius 1 is 1.17 bits per heavy atom. The number of non-ortho nitro benzene ring substituents is 1. The first-order chi connectivity index (χ1) is 11.0. The smallest absolute Gasteiger partial charge is 0.271 e. The highest BCUT2D eigenvalue weighted by molar-refractivity contribution is 7.99. The highest BCUT2D eigenvalue weighted by atomic mass is 32.2. The van der Waals surface area contributed by atoms with Crippen LogP contribution >= 0.6 is 11.8 Å². The number of nitro groups is 1. The summed E-state index contributed by atoms with van der Waals surface area (Å²) >= 11 is 1.52. The number of carbonyl (C=O) groups excluding carboxylic acids is 1. The molecule has 0 unspecified atom stereocenters. The van der Waals surface area contributed by atoms with Gasteiger partial charge >= 0.3 is 0 Å². The van der Waals surface area contributed by atoms with Crippen molar-refractivity contribution in [3.05, 3.63) is 69.3 Å². The second kappa shape index (κ2) is 7.78. The Labute approximate surface area is 139 Å². The van der Waals surface area contributed by atoms with Crippen molar-refractivity contribution in [3.8, 4) is 0 Å². The topological polar surface area (TPSA) is 72.2 Å². The Morgan fingerprint density at radius 2 is 1.91 bits per heavy atom. The lowest BCUT2D eigenvalue weighted by molar-refractivity contribution is -0.384. The third-order valence-electron chi connectivity index (χ3n) is 3.46. The molecule has 1 amide bonds. The van der Waals surface area contributed by atoms with Gasteiger partial charge in [0.15, 0.2) is 0 Å². The number of hydrogen-bond donors (Lipinski definition) is 1. The highest BCUT2D eigenvalue weighted by Crippen LogP contribution is 2.22. The summed E-state index contributed by atoms with van der Waals surface area (Å²) in [6.07, 6.45) is 0. The van der Waals surface area contributed by atoms with Crippen LogP contribution in [-0.2, 0) is 10.5 Å². The maximum absolute atomic E-state index is 12.0. The number of thioether (sulfide) groups is 1. The van der Waals surface area contributed by atoms with Crippen LogP contribution in [0.1, 0.15) is 16.7 Å². The van der Waals surface area contributed by atoms with E-state index < -0.39 is 4.92 Å². The summed E-state index contributed by atoms with van der Waals surface area (Å²) in [4.78, 5) is 22.3. The molecule has 0 radical (unpaired) electrons. The second-order valence-electron chi connectivity index (χ2n) is 5.22. The van der Waals surface area contributed by atoms with Gasteiger partial charge in [0.05, 0.1) is 16.4 Å². The van der Waals surface area contributed by atoms with Gasteiger partial charge < -0.3 is 5.32 Å². The van der Waals surface area contributed by atoms with E-state index in [0.29, 0.717) is 11.4 Å². The Bertz CT molecular complexity index is 732. The number of hydrogen-bond acceptors (Lipinski definition) is 4. The molecule has 0 heterocycles. The molecule has 0 atom stereocenters. The molecule has 2 aromatic carbocycles. The van der Waals surface area contributed by atoms with E-state index in [4.69, 9.17) is 0 Å². The summed E-state index contributed by atoms with van der Waals surface area (Å²) in [5.41, 5.74) is 3.67. The number of amides is 1. The first-order valence-electron chi connectivity index (χ1n) is 7.14. The first-order valence-corrected chi connectivity index (χ1v) is 8.30. The number of nitrogens with one attached hydrogen (secondary N) is 1. The summed E-state index contributed by atoms with van der Waals surface area (Å²) < 4.78 is 0. The van der Waals surface area contributed by atoms with Gasteiger partial charge in [0.1, 0.15) is 0 Å². The zero-order valence-electron chi connectivity index (χ0n) is 13.0. The molecular weight excluding hydrogens is 312 g/mol. The van der Waals surface area contributed by atoms with Crippen LogP contribution in [0, 0.1) is 24.0 Å². The lowest BCUT2D eigenvalue weighted by atomic mass is 10.1. The van der Waals surface area contributed by atoms with E-state index in [1.54, 1.807) is 13.0 Å². The van der Waals surface area contributed by atoms with E-state index in [-0.39, 0.29) is 11.6 Å². The quantitative estimate of drug-likeness (QED) is 0.640. The summed E-state index contributed by atoms with van der Waals surface area (Å²) in [6, 6.07) is 12.5. The van der Waals surface area contributed by atoms with E-state index in [2.05, 4.69) is 5.32 Å². The van der Waals surface area contributed by atoms with Gasteiger partial charge in [0.25, 0.3) is 5.69 Å². The zero-order valence-corrected chi connectivity index (χ0v) is 13.9. The molecule has 6 heteroatoms. The number of benzene rings is 2. The fraction of sp³-hybridized carbons (Fsp3) is 0.235. The number of rotatable bonds is 6. The molecule has 2 rings (SSSR count). The van der Waals surface area contributed by atoms with Crippen molar-refractivity contribution in [3.63, 3.8) is 0 Å². The number of nitro benzene ring substituents is 1. The lowest BCUT2D eigenvalue weighted by Gasteiger charge is -2.09. The molecule has 0 spiro atoms. The van der Waals surface area contributed by atoms with E-state index in [1.165, 1.54) is 35.0 Å². The van der Waals surface area contributed by atoms with Gasteiger partial charge in [-0.05, 0) is 30.5 Å². The van der Waals surface area contributed by atoms with Gasteiger partial charge in [0.2, 0.25) is 5.91 Å². The average Bonchev–Trinajstić information content (AvgIpc) is 2.51. The normalized spacial score (nSPS) is 10.3. The maximum atomic E-state index is 12.0. The third-order valence-corrected chi connectivity index (χ3v) is 4.44. The minimum absolute atomic E-state index is 0.0292. The van der Waals surface area contributed by atoms with Crippen LogP contribution in [0.4, 0.5) is 11.4 Å². The van der Waals surface area contributed by atoms with Gasteiger partial charge in [0, 0.05) is 17.9 Å². The Hall–Kier alpha value is -2.34. The van der Waals surface area contributed by atoms with Crippen LogP contribution in [0.5, 0.6) is 0 Å². The predicted molar refractivity (Wildman–Crippen MR) is 93.8 cm³/mol. The summed E-state index contributed by atoms with van der Waals surface area (Å²) in [6.45, 7) is 3.85. The molecule has 0 bridgehead atoms. The van der Waals surface area contributed by atoms with Crippen LogP contribution in [0.25, 0.3) is 0 Å². The van der Waals surface area contributed by atoms with Crippen LogP contribution in [0.2, 0.25) is 0 Å². The van der Waals surface area contributed by atoms with E-state index >= 15 is 0 Å². The van der Waals surface area contributed by atoms with Crippen molar-refractivity contribution in [2.45, 2.75) is 19.6 Å². The SMILES string of the molecule is Cc1ccccc1CSCC(=O)Nc1cc([N+](=O)[O-])ccc1C. The third kappa shape index (κ3) is 4.82. The number of carbonyl (C=O) groups is 1. The monoisotopic (exact) mass is 330 g/mol. The van der Waals surface area contributed by atoms with Gasteiger partial charge in [-0.2, -0.15) is 0 Å². The van der Waals surface area contributed by atoms with Crippen molar-refractivity contribution in [2.75, 3.05) is 11.1 Å². The van der Waals surface area contributed by atoms with Crippen molar-refractivity contribution in [1.82, 2.24) is 0 Å². The molecule has 0 aliphatic heterocycles. The van der Waals surface area contributed by atoms with Crippen molar-refractivity contribution in [2.24, 2.45) is 0 Å². The van der Waals surface area contributed by atoms with Crippen LogP contribution in [-0.4, -0.2) is 16.6 Å². The van der Waals surface area contributed by atoms with E-state index in [0.717, 1.165) is 11.3 Å². The summed E-state index contributed by atoms with van der Waals surface area (Å²) in [5.74, 6) is 0.900. The number of aryl methyl sites for hydroxylation is 2. The molecule has 0 fully saturated rings. The molecule has 0 saturated heterocycles. The van der Waals surface area contributed by atoms with Gasteiger partial charge in [-0.3, -0.25) is 14.9 Å². The van der Waals surface area contributed by atoms with Gasteiger partial charge in [-0.1, -0.05) is 30.3 Å². The van der Waals surface area contributed by atoms with Crippen LogP contribution in [0.15, 0.2) is 42.5 Å². The molecule has 0 aromatic heterocycles. The minimum Gasteiger partial charge on any atom is -0.325 e. The highest BCUT2D eigenvalue weighted by Gasteiger charge is 2.11. The summed E-state index contributed by atoms with van der Waals surface area (Å²) in [5, 5.41) is 13.5. The molecule has 2 aromatic rings. The van der Waals surface area contributed by atoms with Crippen LogP contribution in [0.3, 0.4) is 0 Å². The first kappa shape index (κ1) is 17.0. The second-order valence-corrected chi connectivity index (χ2v) is 6.21. The predicted octanol–water partition coefficient (Wildman–Crippen LogP) is 4.08. The molecule has 1 N–H and O–H groups in total. The molecule has 0 aliphatic rings. The van der Waals surface area contributed by atoms with E-state index in [9.17, 15) is 14.9 Å². The standard InChI is InChI=1S/C17H18N2O3S/c1-12-5-3-4-6-14(12)10-23-11-17(20)18-16-9-15(19(21)22)8-7-13(16)2/h3-9H,10-11H2,1-2H3,(H,18,20). The fourth-order valence-corrected chi connectivity index (χ4v) is 2.97. The van der Waals surface area contributed by atoms with Crippen molar-refractivity contribution >= 4 is 29.0 Å². The van der Waals surface area contributed by atoms with Crippen molar-refractivity contribution < 1.29 is 9.72 Å². The Kier molecular flexibility index (Phi) is 5.76. The van der Waals surface area contributed by atoms with Crippen LogP contribution < -0.4 is 5.32 Å². The molecule has 23 heavy (non-hydrogen) atoms. The largest absolute Gasteiger partial charge is 0.325 e. The fourth-order valence-electron chi connectivity index (χ4n) is 2.07. The number of nitrogens with zero attached hydrogens (tertiary/aromatic N) is 1. The molecular formula is C17H18N2O3S. The van der Waals surface area contributed by atoms with E-state index in [1.807, 2.05) is 31.2 Å². The molecule has 120 valence electrons.